The van der Waals surface area contributed by atoms with Gasteiger partial charge < -0.3 is 10.0 Å². The summed E-state index contributed by atoms with van der Waals surface area (Å²) in [7, 11) is 0. The molecule has 2 rings (SSSR count). The first-order valence-electron chi connectivity index (χ1n) is 6.86. The third-order valence-electron chi connectivity index (χ3n) is 3.35. The van der Waals surface area contributed by atoms with Crippen molar-refractivity contribution in [3.05, 3.63) is 48.6 Å². The number of fused-ring (bicyclic) bond motifs is 1. The minimum absolute atomic E-state index is 0.0979. The molecule has 2 aromatic rings. The van der Waals surface area contributed by atoms with E-state index in [9.17, 15) is 9.90 Å². The van der Waals surface area contributed by atoms with Gasteiger partial charge in [0.2, 0.25) is 0 Å². The lowest BCUT2D eigenvalue weighted by atomic mass is 10.0. The third kappa shape index (κ3) is 3.05. The maximum Gasteiger partial charge on any atom is 0.336 e. The second-order valence-electron chi connectivity index (χ2n) is 5.92. The molecule has 0 radical (unpaired) electrons. The Morgan fingerprint density at radius 1 is 1.33 bits per heavy atom. The molecule has 1 N–H and O–H groups in total. The van der Waals surface area contributed by atoms with Crippen molar-refractivity contribution < 1.29 is 9.90 Å². The minimum atomic E-state index is -0.936. The molecule has 0 atom stereocenters. The van der Waals surface area contributed by atoms with Gasteiger partial charge >= 0.3 is 5.97 Å². The highest BCUT2D eigenvalue weighted by molar-refractivity contribution is 6.02. The fourth-order valence-corrected chi connectivity index (χ4v) is 2.32. The van der Waals surface area contributed by atoms with E-state index in [2.05, 4.69) is 37.2 Å². The molecule has 1 aromatic carbocycles. The zero-order chi connectivity index (χ0) is 15.6. The number of carbonyl (C=O) groups is 1. The van der Waals surface area contributed by atoms with Gasteiger partial charge in [0.1, 0.15) is 5.82 Å². The average Bonchev–Trinajstić information content (AvgIpc) is 2.42. The van der Waals surface area contributed by atoms with E-state index >= 15 is 0 Å². The summed E-state index contributed by atoms with van der Waals surface area (Å²) in [5.74, 6) is -0.119. The van der Waals surface area contributed by atoms with Crippen molar-refractivity contribution >= 4 is 22.7 Å². The van der Waals surface area contributed by atoms with Gasteiger partial charge in [0, 0.05) is 17.5 Å². The van der Waals surface area contributed by atoms with Crippen LogP contribution in [0.5, 0.6) is 0 Å². The Hall–Kier alpha value is -2.36. The first-order valence-corrected chi connectivity index (χ1v) is 6.86. The molecule has 0 aliphatic heterocycles. The lowest BCUT2D eigenvalue weighted by Crippen LogP contribution is -2.42. The Morgan fingerprint density at radius 2 is 2.05 bits per heavy atom. The lowest BCUT2D eigenvalue weighted by Gasteiger charge is -2.36. The van der Waals surface area contributed by atoms with Gasteiger partial charge in [0.05, 0.1) is 11.1 Å². The number of anilines is 1. The molecule has 0 saturated carbocycles. The number of carboxylic acid groups (broad SMARTS) is 1. The second-order valence-corrected chi connectivity index (χ2v) is 5.92. The molecule has 110 valence electrons. The molecule has 0 amide bonds. The first-order chi connectivity index (χ1) is 9.84. The zero-order valence-electron chi connectivity index (χ0n) is 12.6. The van der Waals surface area contributed by atoms with E-state index in [1.165, 1.54) is 0 Å². The summed E-state index contributed by atoms with van der Waals surface area (Å²) in [4.78, 5) is 18.0. The molecular weight excluding hydrogens is 264 g/mol. The van der Waals surface area contributed by atoms with E-state index in [1.54, 1.807) is 12.1 Å². The van der Waals surface area contributed by atoms with Gasteiger partial charge in [-0.2, -0.15) is 0 Å². The fourth-order valence-electron chi connectivity index (χ4n) is 2.32. The van der Waals surface area contributed by atoms with Crippen LogP contribution >= 0.6 is 0 Å². The summed E-state index contributed by atoms with van der Waals surface area (Å²) >= 11 is 0. The Morgan fingerprint density at radius 3 is 2.62 bits per heavy atom. The number of aromatic carboxylic acids is 1. The van der Waals surface area contributed by atoms with Crippen LogP contribution in [0.3, 0.4) is 0 Å². The SMILES string of the molecule is C=CCN(c1ccc2c(C(=O)O)cccc2n1)C(C)(C)C. The fraction of sp³-hybridized carbons (Fsp3) is 0.294. The van der Waals surface area contributed by atoms with Crippen LogP contribution in [0, 0.1) is 0 Å². The molecular formula is C17H20N2O2. The van der Waals surface area contributed by atoms with Crippen molar-refractivity contribution in [3.8, 4) is 0 Å². The van der Waals surface area contributed by atoms with Gasteiger partial charge in [0.15, 0.2) is 0 Å². The van der Waals surface area contributed by atoms with Crippen molar-refractivity contribution in [1.29, 1.82) is 0 Å². The van der Waals surface area contributed by atoms with E-state index in [1.807, 2.05) is 24.3 Å². The standard InChI is InChI=1S/C17H20N2O2/c1-5-11-19(17(2,3)4)15-10-9-12-13(16(20)21)7-6-8-14(12)18-15/h5-10H,1,11H2,2-4H3,(H,20,21). The van der Waals surface area contributed by atoms with Crippen molar-refractivity contribution in [2.24, 2.45) is 0 Å². The van der Waals surface area contributed by atoms with Crippen LogP contribution in [0.15, 0.2) is 43.0 Å². The predicted octanol–water partition coefficient (Wildman–Crippen LogP) is 3.72. The highest BCUT2D eigenvalue weighted by Crippen LogP contribution is 2.26. The molecule has 4 heteroatoms. The van der Waals surface area contributed by atoms with Crippen LogP contribution in [0.4, 0.5) is 5.82 Å². The zero-order valence-corrected chi connectivity index (χ0v) is 12.6. The summed E-state index contributed by atoms with van der Waals surface area (Å²) < 4.78 is 0. The van der Waals surface area contributed by atoms with Crippen molar-refractivity contribution in [1.82, 2.24) is 4.98 Å². The summed E-state index contributed by atoms with van der Waals surface area (Å²) in [6, 6.07) is 8.83. The topological polar surface area (TPSA) is 53.4 Å². The Bertz CT molecular complexity index is 687. The minimum Gasteiger partial charge on any atom is -0.478 e. The van der Waals surface area contributed by atoms with Gasteiger partial charge in [-0.15, -0.1) is 6.58 Å². The van der Waals surface area contributed by atoms with E-state index in [0.29, 0.717) is 17.4 Å². The monoisotopic (exact) mass is 284 g/mol. The van der Waals surface area contributed by atoms with E-state index < -0.39 is 5.97 Å². The quantitative estimate of drug-likeness (QED) is 0.869. The number of aromatic nitrogens is 1. The number of rotatable bonds is 4. The molecule has 0 aliphatic carbocycles. The van der Waals surface area contributed by atoms with Crippen LogP contribution in [0.2, 0.25) is 0 Å². The molecule has 21 heavy (non-hydrogen) atoms. The smallest absolute Gasteiger partial charge is 0.336 e. The maximum absolute atomic E-state index is 11.2. The number of carboxylic acids is 1. The summed E-state index contributed by atoms with van der Waals surface area (Å²) in [5, 5.41) is 9.88. The second kappa shape index (κ2) is 5.56. The lowest BCUT2D eigenvalue weighted by molar-refractivity contribution is 0.0699. The highest BCUT2D eigenvalue weighted by atomic mass is 16.4. The Labute approximate surface area is 124 Å². The molecule has 4 nitrogen and oxygen atoms in total. The molecule has 0 saturated heterocycles. The third-order valence-corrected chi connectivity index (χ3v) is 3.35. The summed E-state index contributed by atoms with van der Waals surface area (Å²) in [6.45, 7) is 10.8. The van der Waals surface area contributed by atoms with Gasteiger partial charge in [-0.3, -0.25) is 0 Å². The van der Waals surface area contributed by atoms with Crippen LogP contribution < -0.4 is 4.90 Å². The Balaban J connectivity index is 2.57. The van der Waals surface area contributed by atoms with E-state index in [-0.39, 0.29) is 11.1 Å². The molecule has 0 unspecified atom stereocenters. The molecule has 1 heterocycles. The highest BCUT2D eigenvalue weighted by Gasteiger charge is 2.22. The number of benzene rings is 1. The molecule has 0 spiro atoms. The largest absolute Gasteiger partial charge is 0.478 e. The number of pyridine rings is 1. The van der Waals surface area contributed by atoms with Crippen LogP contribution in [0.1, 0.15) is 31.1 Å². The number of nitrogens with zero attached hydrogens (tertiary/aromatic N) is 2. The normalized spacial score (nSPS) is 11.4. The van der Waals surface area contributed by atoms with Crippen LogP contribution in [-0.4, -0.2) is 28.1 Å². The molecule has 0 fully saturated rings. The van der Waals surface area contributed by atoms with E-state index in [0.717, 1.165) is 5.82 Å². The first kappa shape index (κ1) is 15.0. The molecule has 0 bridgehead atoms. The molecule has 0 aliphatic rings. The van der Waals surface area contributed by atoms with Crippen molar-refractivity contribution in [2.75, 3.05) is 11.4 Å². The van der Waals surface area contributed by atoms with Gasteiger partial charge in [0.25, 0.3) is 0 Å². The van der Waals surface area contributed by atoms with Gasteiger partial charge in [-0.1, -0.05) is 12.1 Å². The predicted molar refractivity (Wildman–Crippen MR) is 86.0 cm³/mol. The van der Waals surface area contributed by atoms with E-state index in [4.69, 9.17) is 0 Å². The average molecular weight is 284 g/mol. The van der Waals surface area contributed by atoms with Crippen molar-refractivity contribution in [3.63, 3.8) is 0 Å². The number of hydrogen-bond acceptors (Lipinski definition) is 3. The summed E-state index contributed by atoms with van der Waals surface area (Å²) in [5.41, 5.74) is 0.863. The molecule has 1 aromatic heterocycles. The van der Waals surface area contributed by atoms with Crippen molar-refractivity contribution in [2.45, 2.75) is 26.3 Å². The maximum atomic E-state index is 11.2. The Kier molecular flexibility index (Phi) is 3.98. The summed E-state index contributed by atoms with van der Waals surface area (Å²) in [6.07, 6.45) is 1.84. The van der Waals surface area contributed by atoms with Gasteiger partial charge in [-0.05, 0) is 45.0 Å². The van der Waals surface area contributed by atoms with Gasteiger partial charge in [-0.25, -0.2) is 9.78 Å². The van der Waals surface area contributed by atoms with Crippen LogP contribution in [-0.2, 0) is 0 Å². The van der Waals surface area contributed by atoms with Crippen LogP contribution in [0.25, 0.3) is 10.9 Å². The number of hydrogen-bond donors (Lipinski definition) is 1.